The zero-order valence-corrected chi connectivity index (χ0v) is 10.3. The number of hydrogen-bond donors (Lipinski definition) is 5. The van der Waals surface area contributed by atoms with Gasteiger partial charge in [0.05, 0.1) is 26.6 Å². The molecule has 0 aliphatic heterocycles. The summed E-state index contributed by atoms with van der Waals surface area (Å²) in [5.41, 5.74) is 5.08. The Morgan fingerprint density at radius 2 is 2.06 bits per heavy atom. The van der Waals surface area contributed by atoms with E-state index in [1.54, 1.807) is 0 Å². The van der Waals surface area contributed by atoms with Gasteiger partial charge in [0.15, 0.2) is 6.35 Å². The highest BCUT2D eigenvalue weighted by Crippen LogP contribution is 2.35. The van der Waals surface area contributed by atoms with Crippen molar-refractivity contribution in [2.45, 2.75) is 30.8 Å². The number of carbonyl (C=O) groups excluding carboxylic acids is 1. The first-order chi connectivity index (χ1) is 8.24. The van der Waals surface area contributed by atoms with Gasteiger partial charge in [0.1, 0.15) is 12.2 Å². The molecular weight excluding hydrogens is 267 g/mol. The van der Waals surface area contributed by atoms with Crippen molar-refractivity contribution in [3.63, 3.8) is 0 Å². The van der Waals surface area contributed by atoms with Gasteiger partial charge in [0, 0.05) is 0 Å². The van der Waals surface area contributed by atoms with E-state index >= 15 is 0 Å². The minimum Gasteiger partial charge on any atom is -0.658 e. The molecule has 0 aromatic rings. The van der Waals surface area contributed by atoms with Crippen LogP contribution in [-0.2, 0) is 9.53 Å². The summed E-state index contributed by atoms with van der Waals surface area (Å²) < 4.78 is 4.78. The minimum absolute atomic E-state index is 0.0219. The van der Waals surface area contributed by atoms with E-state index in [1.807, 2.05) is 0 Å². The van der Waals surface area contributed by atoms with E-state index in [9.17, 15) is 24.8 Å². The maximum absolute atomic E-state index is 11.0. The second kappa shape index (κ2) is 6.18. The lowest BCUT2D eigenvalue weighted by Gasteiger charge is -2.29. The quantitative estimate of drug-likeness (QED) is 0.313. The second-order valence-corrected chi connectivity index (χ2v) is 5.60. The first kappa shape index (κ1) is 15.7. The number of rotatable bonds is 5. The normalized spacial score (nSPS) is 32.6. The number of aliphatic hydroxyl groups is 2. The van der Waals surface area contributed by atoms with E-state index in [0.29, 0.717) is 0 Å². The minimum atomic E-state index is -4.59. The summed E-state index contributed by atoms with van der Waals surface area (Å²) in [6, 6.07) is -0.772. The summed E-state index contributed by atoms with van der Waals surface area (Å²) >= 11 is 0. The molecule has 1 aliphatic rings. The van der Waals surface area contributed by atoms with Crippen molar-refractivity contribution >= 4 is 13.9 Å². The zero-order chi connectivity index (χ0) is 13.9. The molecule has 1 aliphatic carbocycles. The Morgan fingerprint density at radius 1 is 1.44 bits per heavy atom. The van der Waals surface area contributed by atoms with Crippen LogP contribution in [-0.4, -0.2) is 58.3 Å². The van der Waals surface area contributed by atoms with Crippen molar-refractivity contribution in [3.8, 4) is 0 Å². The van der Waals surface area contributed by atoms with E-state index in [0.717, 1.165) is 0 Å². The SMILES string of the molecule is NCC(=O)N[C@@H]1C[C@H](OC[P+]([O-])([O-])O)[C@@H](O)[C@H]1O. The smallest absolute Gasteiger partial charge is 0.234 e. The van der Waals surface area contributed by atoms with Crippen LogP contribution in [0, 0.1) is 0 Å². The van der Waals surface area contributed by atoms with Gasteiger partial charge in [0.25, 0.3) is 0 Å². The second-order valence-electron chi connectivity index (χ2n) is 4.07. The maximum atomic E-state index is 11.0. The molecule has 9 nitrogen and oxygen atoms in total. The van der Waals surface area contributed by atoms with Crippen LogP contribution >= 0.6 is 7.94 Å². The van der Waals surface area contributed by atoms with Gasteiger partial charge in [0.2, 0.25) is 5.91 Å². The Bertz CT molecular complexity index is 298. The Kier molecular flexibility index (Phi) is 5.38. The molecule has 0 unspecified atom stereocenters. The van der Waals surface area contributed by atoms with Crippen LogP contribution in [0.3, 0.4) is 0 Å². The monoisotopic (exact) mass is 283 g/mol. The van der Waals surface area contributed by atoms with E-state index in [-0.39, 0.29) is 13.0 Å². The highest BCUT2D eigenvalue weighted by Gasteiger charge is 2.43. The summed E-state index contributed by atoms with van der Waals surface area (Å²) in [4.78, 5) is 40.6. The third-order valence-corrected chi connectivity index (χ3v) is 3.09. The number of amides is 1. The van der Waals surface area contributed by atoms with E-state index in [4.69, 9.17) is 15.4 Å². The molecule has 0 saturated heterocycles. The molecule has 1 amide bonds. The van der Waals surface area contributed by atoms with Gasteiger partial charge >= 0.3 is 0 Å². The summed E-state index contributed by atoms with van der Waals surface area (Å²) in [6.45, 7) is -0.267. The average molecular weight is 283 g/mol. The van der Waals surface area contributed by atoms with Crippen molar-refractivity contribution < 1.29 is 34.4 Å². The third kappa shape index (κ3) is 4.38. The average Bonchev–Trinajstić information content (AvgIpc) is 2.53. The van der Waals surface area contributed by atoms with Crippen molar-refractivity contribution in [1.29, 1.82) is 0 Å². The lowest BCUT2D eigenvalue weighted by molar-refractivity contribution is -0.337. The Morgan fingerprint density at radius 3 is 2.56 bits per heavy atom. The molecule has 0 radical (unpaired) electrons. The highest BCUT2D eigenvalue weighted by molar-refractivity contribution is 7.55. The predicted octanol–water partition coefficient (Wildman–Crippen LogP) is -4.63. The molecule has 18 heavy (non-hydrogen) atoms. The van der Waals surface area contributed by atoms with Crippen LogP contribution in [0.2, 0.25) is 0 Å². The lowest BCUT2D eigenvalue weighted by Crippen LogP contribution is -2.45. The van der Waals surface area contributed by atoms with Gasteiger partial charge < -0.3 is 35.8 Å². The first-order valence-electron chi connectivity index (χ1n) is 5.24. The third-order valence-electron chi connectivity index (χ3n) is 2.61. The fourth-order valence-corrected chi connectivity index (χ4v) is 2.13. The van der Waals surface area contributed by atoms with E-state index in [1.165, 1.54) is 0 Å². The standard InChI is InChI=1S/C8H17N2O7P/c9-2-6(11)10-4-1-5(8(13)7(4)12)17-3-18(14,15)16/h4-5,7-8,12-13H,1-3,9H2,(H,10,11)(H2,14,15,16)/p-1/t4-,5+,7+,8-/m1/s1. The van der Waals surface area contributed by atoms with Gasteiger partial charge in [-0.15, -0.1) is 0 Å². The molecule has 0 heterocycles. The summed E-state index contributed by atoms with van der Waals surface area (Å²) in [7, 11) is -4.59. The molecule has 6 N–H and O–H groups in total. The van der Waals surface area contributed by atoms with Gasteiger partial charge in [-0.2, -0.15) is 0 Å². The molecule has 0 aromatic carbocycles. The molecular formula is C8H16N2O7P-. The molecule has 0 spiro atoms. The molecule has 0 aromatic heterocycles. The van der Waals surface area contributed by atoms with Crippen molar-refractivity contribution in [2.75, 3.05) is 12.9 Å². The van der Waals surface area contributed by atoms with Crippen LogP contribution in [0.25, 0.3) is 0 Å². The maximum Gasteiger partial charge on any atom is 0.234 e. The Labute approximate surface area is 104 Å². The van der Waals surface area contributed by atoms with Gasteiger partial charge in [-0.1, -0.05) is 0 Å². The topological polar surface area (TPSA) is 171 Å². The lowest BCUT2D eigenvalue weighted by atomic mass is 10.2. The number of hydrogen-bond acceptors (Lipinski definition) is 8. The number of nitrogens with two attached hydrogens (primary N) is 1. The van der Waals surface area contributed by atoms with Gasteiger partial charge in [-0.25, -0.2) is 0 Å². The molecule has 1 rings (SSSR count). The van der Waals surface area contributed by atoms with Crippen LogP contribution in [0.5, 0.6) is 0 Å². The molecule has 106 valence electrons. The predicted molar refractivity (Wildman–Crippen MR) is 56.5 cm³/mol. The summed E-state index contributed by atoms with van der Waals surface area (Å²) in [5, 5.41) is 21.6. The van der Waals surface area contributed by atoms with Gasteiger partial charge in [-0.3, -0.25) is 9.69 Å². The van der Waals surface area contributed by atoms with Crippen LogP contribution in [0.1, 0.15) is 6.42 Å². The molecule has 1 fully saturated rings. The van der Waals surface area contributed by atoms with Crippen molar-refractivity contribution in [1.82, 2.24) is 5.32 Å². The molecule has 1 saturated carbocycles. The van der Waals surface area contributed by atoms with Crippen molar-refractivity contribution in [2.24, 2.45) is 5.73 Å². The summed E-state index contributed by atoms with van der Waals surface area (Å²) in [5.74, 6) is -0.511. The number of carbonyl (C=O) groups is 1. The molecule has 4 atom stereocenters. The Hall–Kier alpha value is -0.380. The van der Waals surface area contributed by atoms with Gasteiger partial charge in [-0.05, 0) is 6.42 Å². The zero-order valence-electron chi connectivity index (χ0n) is 9.43. The van der Waals surface area contributed by atoms with Crippen LogP contribution in [0.4, 0.5) is 0 Å². The number of aliphatic hydroxyl groups excluding tert-OH is 2. The summed E-state index contributed by atoms with van der Waals surface area (Å²) in [6.07, 6.45) is -4.56. The largest absolute Gasteiger partial charge is 0.658 e. The van der Waals surface area contributed by atoms with Crippen LogP contribution < -0.4 is 20.8 Å². The van der Waals surface area contributed by atoms with Crippen LogP contribution in [0.15, 0.2) is 0 Å². The first-order valence-corrected chi connectivity index (χ1v) is 7.01. The highest BCUT2D eigenvalue weighted by atomic mass is 31.2. The van der Waals surface area contributed by atoms with E-state index < -0.39 is 44.6 Å². The Balaban J connectivity index is 2.50. The number of nitrogens with one attached hydrogen (secondary N) is 1. The van der Waals surface area contributed by atoms with E-state index in [2.05, 4.69) is 5.32 Å². The van der Waals surface area contributed by atoms with Crippen molar-refractivity contribution in [3.05, 3.63) is 0 Å². The fourth-order valence-electron chi connectivity index (χ4n) is 1.75. The fraction of sp³-hybridized carbons (Fsp3) is 0.875. The molecule has 10 heteroatoms. The molecule has 0 bridgehead atoms. The number of ether oxygens (including phenoxy) is 1.